The second-order valence-corrected chi connectivity index (χ2v) is 11.7. The minimum Gasteiger partial charge on any atom is -0.454 e. The summed E-state index contributed by atoms with van der Waals surface area (Å²) in [7, 11) is 0. The Morgan fingerprint density at radius 1 is 0.383 bits per heavy atom. The Kier molecular flexibility index (Phi) is 6.43. The van der Waals surface area contributed by atoms with Crippen molar-refractivity contribution in [3.8, 4) is 56.0 Å². The second-order valence-electron chi connectivity index (χ2n) is 11.7. The van der Waals surface area contributed by atoms with Gasteiger partial charge in [-0.25, -0.2) is 15.0 Å². The van der Waals surface area contributed by atoms with Gasteiger partial charge < -0.3 is 4.42 Å². The first-order valence-electron chi connectivity index (χ1n) is 15.7. The highest BCUT2D eigenvalue weighted by atomic mass is 16.3. The minimum atomic E-state index is 0.592. The van der Waals surface area contributed by atoms with Crippen LogP contribution >= 0.6 is 0 Å². The van der Waals surface area contributed by atoms with Crippen LogP contribution in [0.3, 0.4) is 0 Å². The summed E-state index contributed by atoms with van der Waals surface area (Å²) < 4.78 is 5.94. The first kappa shape index (κ1) is 27.0. The van der Waals surface area contributed by atoms with E-state index in [2.05, 4.69) is 132 Å². The Balaban J connectivity index is 1.03. The average molecular weight is 602 g/mol. The van der Waals surface area contributed by atoms with Gasteiger partial charge in [-0.15, -0.1) is 0 Å². The van der Waals surface area contributed by atoms with Crippen molar-refractivity contribution in [1.29, 1.82) is 0 Å². The molecule has 0 atom stereocenters. The number of rotatable bonds is 5. The van der Waals surface area contributed by atoms with Gasteiger partial charge in [0.1, 0.15) is 11.3 Å². The molecule has 47 heavy (non-hydrogen) atoms. The molecule has 0 fully saturated rings. The molecule has 9 aromatic rings. The van der Waals surface area contributed by atoms with Crippen molar-refractivity contribution in [3.05, 3.63) is 164 Å². The van der Waals surface area contributed by atoms with Crippen LogP contribution in [0.15, 0.2) is 168 Å². The van der Waals surface area contributed by atoms with Gasteiger partial charge in [0, 0.05) is 22.4 Å². The van der Waals surface area contributed by atoms with E-state index in [1.54, 1.807) is 6.20 Å². The highest BCUT2D eigenvalue weighted by Crippen LogP contribution is 2.35. The summed E-state index contributed by atoms with van der Waals surface area (Å²) in [5.41, 5.74) is 12.6. The Morgan fingerprint density at radius 2 is 0.957 bits per heavy atom. The van der Waals surface area contributed by atoms with Crippen molar-refractivity contribution < 1.29 is 4.42 Å². The SMILES string of the molecule is c1ccc(-c2cc(-c3ccccc3)cc(-c3ccc(-c4ccc5nc(-c6cc7c(cn6)oc6ccccc67)ncc5c4)cc3)c2)cc1. The van der Waals surface area contributed by atoms with Gasteiger partial charge in [0.2, 0.25) is 0 Å². The molecule has 4 nitrogen and oxygen atoms in total. The van der Waals surface area contributed by atoms with Gasteiger partial charge in [0.15, 0.2) is 11.4 Å². The molecule has 3 aromatic heterocycles. The first-order valence-corrected chi connectivity index (χ1v) is 15.7. The molecule has 0 aliphatic carbocycles. The van der Waals surface area contributed by atoms with E-state index in [0.717, 1.165) is 49.7 Å². The minimum absolute atomic E-state index is 0.592. The fraction of sp³-hybridized carbons (Fsp3) is 0. The third-order valence-corrected chi connectivity index (χ3v) is 8.77. The van der Waals surface area contributed by atoms with E-state index in [-0.39, 0.29) is 0 Å². The van der Waals surface area contributed by atoms with E-state index in [0.29, 0.717) is 5.82 Å². The number of furan rings is 1. The number of nitrogens with zero attached hydrogens (tertiary/aromatic N) is 3. The number of hydrogen-bond acceptors (Lipinski definition) is 4. The zero-order valence-electron chi connectivity index (χ0n) is 25.3. The van der Waals surface area contributed by atoms with E-state index >= 15 is 0 Å². The largest absolute Gasteiger partial charge is 0.454 e. The smallest absolute Gasteiger partial charge is 0.178 e. The third-order valence-electron chi connectivity index (χ3n) is 8.77. The van der Waals surface area contributed by atoms with Crippen LogP contribution in [0.4, 0.5) is 0 Å². The van der Waals surface area contributed by atoms with Crippen LogP contribution in [0, 0.1) is 0 Å². The number of fused-ring (bicyclic) bond motifs is 4. The molecular formula is C43H27N3O. The lowest BCUT2D eigenvalue weighted by Gasteiger charge is -2.12. The first-order chi connectivity index (χ1) is 23.2. The van der Waals surface area contributed by atoms with Gasteiger partial charge in [-0.2, -0.15) is 0 Å². The summed E-state index contributed by atoms with van der Waals surface area (Å²) in [4.78, 5) is 14.2. The lowest BCUT2D eigenvalue weighted by molar-refractivity contribution is 0.667. The number of hydrogen-bond donors (Lipinski definition) is 0. The molecule has 6 aromatic carbocycles. The predicted molar refractivity (Wildman–Crippen MR) is 192 cm³/mol. The molecule has 0 unspecified atom stereocenters. The fourth-order valence-corrected chi connectivity index (χ4v) is 6.33. The number of para-hydroxylation sites is 1. The lowest BCUT2D eigenvalue weighted by Crippen LogP contribution is -1.92. The molecule has 3 heterocycles. The van der Waals surface area contributed by atoms with Crippen molar-refractivity contribution in [2.24, 2.45) is 0 Å². The summed E-state index contributed by atoms with van der Waals surface area (Å²) in [6, 6.07) is 53.1. The molecule has 0 saturated carbocycles. The molecule has 220 valence electrons. The van der Waals surface area contributed by atoms with E-state index < -0.39 is 0 Å². The second kappa shape index (κ2) is 11.2. The average Bonchev–Trinajstić information content (AvgIpc) is 3.53. The summed E-state index contributed by atoms with van der Waals surface area (Å²) in [5, 5.41) is 3.05. The molecule has 0 saturated heterocycles. The van der Waals surface area contributed by atoms with Crippen molar-refractivity contribution in [3.63, 3.8) is 0 Å². The van der Waals surface area contributed by atoms with Crippen molar-refractivity contribution in [1.82, 2.24) is 15.0 Å². The Labute approximate surface area is 271 Å². The third kappa shape index (κ3) is 5.02. The molecule has 0 bridgehead atoms. The molecule has 0 aliphatic rings. The van der Waals surface area contributed by atoms with Crippen molar-refractivity contribution >= 4 is 32.8 Å². The Bertz CT molecular complexity index is 2500. The molecular weight excluding hydrogens is 574 g/mol. The topological polar surface area (TPSA) is 51.8 Å². The van der Waals surface area contributed by atoms with E-state index in [1.807, 2.05) is 30.5 Å². The molecule has 4 heteroatoms. The summed E-state index contributed by atoms with van der Waals surface area (Å²) in [6.07, 6.45) is 3.64. The standard InChI is InChI=1S/C43H27N3O/c1-3-9-28(10-4-1)33-22-34(29-11-5-2-6-12-29)24-35(23-33)31-17-15-30(16-18-31)32-19-20-39-36(21-32)26-45-43(46-39)40-25-38-37-13-7-8-14-41(37)47-42(38)27-44-40/h1-27H. The summed E-state index contributed by atoms with van der Waals surface area (Å²) >= 11 is 0. The Morgan fingerprint density at radius 3 is 1.64 bits per heavy atom. The molecule has 0 radical (unpaired) electrons. The normalized spacial score (nSPS) is 11.4. The number of aromatic nitrogens is 3. The maximum absolute atomic E-state index is 5.94. The van der Waals surface area contributed by atoms with Crippen molar-refractivity contribution in [2.45, 2.75) is 0 Å². The zero-order valence-corrected chi connectivity index (χ0v) is 25.3. The highest BCUT2D eigenvalue weighted by Gasteiger charge is 2.12. The van der Waals surface area contributed by atoms with Gasteiger partial charge in [-0.1, -0.05) is 109 Å². The zero-order chi connectivity index (χ0) is 31.2. The maximum Gasteiger partial charge on any atom is 0.178 e. The van der Waals surface area contributed by atoms with Gasteiger partial charge in [0.05, 0.1) is 11.7 Å². The van der Waals surface area contributed by atoms with Crippen LogP contribution in [-0.2, 0) is 0 Å². The highest BCUT2D eigenvalue weighted by molar-refractivity contribution is 6.05. The van der Waals surface area contributed by atoms with Crippen LogP contribution < -0.4 is 0 Å². The molecule has 9 rings (SSSR count). The van der Waals surface area contributed by atoms with E-state index in [9.17, 15) is 0 Å². The summed E-state index contributed by atoms with van der Waals surface area (Å²) in [6.45, 7) is 0. The van der Waals surface area contributed by atoms with Crippen LogP contribution in [0.5, 0.6) is 0 Å². The molecule has 0 aliphatic heterocycles. The van der Waals surface area contributed by atoms with Crippen LogP contribution in [0.25, 0.3) is 88.9 Å². The van der Waals surface area contributed by atoms with Gasteiger partial charge in [-0.05, 0) is 87.0 Å². The van der Waals surface area contributed by atoms with Crippen LogP contribution in [0.2, 0.25) is 0 Å². The monoisotopic (exact) mass is 601 g/mol. The molecule has 0 amide bonds. The van der Waals surface area contributed by atoms with Crippen LogP contribution in [0.1, 0.15) is 0 Å². The lowest BCUT2D eigenvalue weighted by atomic mass is 9.92. The fourth-order valence-electron chi connectivity index (χ4n) is 6.33. The summed E-state index contributed by atoms with van der Waals surface area (Å²) in [5.74, 6) is 0.592. The van der Waals surface area contributed by atoms with E-state index in [1.165, 1.54) is 33.4 Å². The number of pyridine rings is 1. The van der Waals surface area contributed by atoms with Gasteiger partial charge >= 0.3 is 0 Å². The predicted octanol–water partition coefficient (Wildman–Crippen LogP) is 11.3. The van der Waals surface area contributed by atoms with Crippen molar-refractivity contribution in [2.75, 3.05) is 0 Å². The number of benzene rings is 6. The van der Waals surface area contributed by atoms with Crippen LogP contribution in [-0.4, -0.2) is 15.0 Å². The van der Waals surface area contributed by atoms with Gasteiger partial charge in [0.25, 0.3) is 0 Å². The maximum atomic E-state index is 5.94. The Hall–Kier alpha value is -6.39. The molecule has 0 N–H and O–H groups in total. The molecule has 0 spiro atoms. The quantitative estimate of drug-likeness (QED) is 0.197. The van der Waals surface area contributed by atoms with E-state index in [4.69, 9.17) is 14.4 Å². The van der Waals surface area contributed by atoms with Gasteiger partial charge in [-0.3, -0.25) is 0 Å².